The Bertz CT molecular complexity index is 441. The molecule has 4 nitrogen and oxygen atoms in total. The summed E-state index contributed by atoms with van der Waals surface area (Å²) in [5.74, 6) is -0.170. The summed E-state index contributed by atoms with van der Waals surface area (Å²) < 4.78 is 6.13. The van der Waals surface area contributed by atoms with Crippen molar-refractivity contribution < 1.29 is 9.53 Å². The van der Waals surface area contributed by atoms with E-state index in [-0.39, 0.29) is 18.1 Å². The molecule has 0 spiro atoms. The Morgan fingerprint density at radius 1 is 1.59 bits per heavy atom. The Balaban J connectivity index is 2.06. The minimum Gasteiger partial charge on any atom is -0.365 e. The third kappa shape index (κ3) is 2.97. The number of carbonyl (C=O) groups excluding carboxylic acids is 1. The summed E-state index contributed by atoms with van der Waals surface area (Å²) in [5.41, 5.74) is 0.495. The van der Waals surface area contributed by atoms with Gasteiger partial charge in [-0.25, -0.2) is 0 Å². The molecule has 6 heteroatoms. The molecule has 1 saturated heterocycles. The van der Waals surface area contributed by atoms with Crippen molar-refractivity contribution in [2.45, 2.75) is 32.0 Å². The lowest BCUT2D eigenvalue weighted by molar-refractivity contribution is -0.126. The van der Waals surface area contributed by atoms with Crippen LogP contribution in [-0.2, 0) is 9.53 Å². The van der Waals surface area contributed by atoms with Gasteiger partial charge in [-0.3, -0.25) is 9.78 Å². The molecule has 0 radical (unpaired) electrons. The molecule has 1 N–H and O–H groups in total. The van der Waals surface area contributed by atoms with Crippen molar-refractivity contribution in [3.05, 3.63) is 21.9 Å². The van der Waals surface area contributed by atoms with E-state index in [1.165, 1.54) is 6.20 Å². The van der Waals surface area contributed by atoms with Crippen molar-refractivity contribution in [1.29, 1.82) is 0 Å². The molecule has 2 unspecified atom stereocenters. The quantitative estimate of drug-likeness (QED) is 0.911. The van der Waals surface area contributed by atoms with E-state index in [1.807, 2.05) is 6.92 Å². The first kappa shape index (κ1) is 12.8. The molecule has 0 bridgehead atoms. The summed E-state index contributed by atoms with van der Waals surface area (Å²) in [5, 5.41) is 3.17. The first-order valence-electron chi connectivity index (χ1n) is 5.33. The van der Waals surface area contributed by atoms with Crippen LogP contribution in [-0.4, -0.2) is 23.1 Å². The van der Waals surface area contributed by atoms with Gasteiger partial charge in [-0.15, -0.1) is 0 Å². The van der Waals surface area contributed by atoms with Gasteiger partial charge in [-0.05, 0) is 35.7 Å². The molecule has 1 fully saturated rings. The van der Waals surface area contributed by atoms with Crippen molar-refractivity contribution in [3.63, 3.8) is 0 Å². The van der Waals surface area contributed by atoms with Crippen LogP contribution in [0.3, 0.4) is 0 Å². The largest absolute Gasteiger partial charge is 0.365 e. The number of hydrogen-bond acceptors (Lipinski definition) is 3. The van der Waals surface area contributed by atoms with Gasteiger partial charge in [0, 0.05) is 6.20 Å². The van der Waals surface area contributed by atoms with Gasteiger partial charge in [0.15, 0.2) is 0 Å². The molecule has 0 aliphatic carbocycles. The Morgan fingerprint density at radius 2 is 2.35 bits per heavy atom. The first-order valence-corrected chi connectivity index (χ1v) is 6.50. The second-order valence-electron chi connectivity index (χ2n) is 3.98. The lowest BCUT2D eigenvalue weighted by Gasteiger charge is -2.12. The molecule has 1 aliphatic rings. The molecule has 1 aliphatic heterocycles. The van der Waals surface area contributed by atoms with Crippen molar-refractivity contribution >= 4 is 39.1 Å². The van der Waals surface area contributed by atoms with E-state index in [0.29, 0.717) is 15.2 Å². The molecule has 0 aromatic carbocycles. The zero-order chi connectivity index (χ0) is 12.4. The molecular weight excluding hydrogens is 307 g/mol. The summed E-state index contributed by atoms with van der Waals surface area (Å²) in [7, 11) is 0. The summed E-state index contributed by atoms with van der Waals surface area (Å²) >= 11 is 9.28. The summed E-state index contributed by atoms with van der Waals surface area (Å²) in [6.45, 7) is 1.96. The SMILES string of the molecule is CC1CCC(C(=O)Nc2cncc(Br)c2Cl)O1. The highest BCUT2D eigenvalue weighted by Gasteiger charge is 2.28. The van der Waals surface area contributed by atoms with Gasteiger partial charge in [0.1, 0.15) is 6.10 Å². The number of halogens is 2. The number of ether oxygens (including phenoxy) is 1. The molecule has 1 aromatic rings. The highest BCUT2D eigenvalue weighted by Crippen LogP contribution is 2.29. The van der Waals surface area contributed by atoms with Gasteiger partial charge < -0.3 is 10.1 Å². The summed E-state index contributed by atoms with van der Waals surface area (Å²) in [6, 6.07) is 0. The third-order valence-corrected chi connectivity index (χ3v) is 3.86. The second-order valence-corrected chi connectivity index (χ2v) is 5.22. The van der Waals surface area contributed by atoms with E-state index >= 15 is 0 Å². The monoisotopic (exact) mass is 318 g/mol. The smallest absolute Gasteiger partial charge is 0.253 e. The molecule has 2 rings (SSSR count). The highest BCUT2D eigenvalue weighted by atomic mass is 79.9. The molecule has 1 amide bonds. The summed E-state index contributed by atoms with van der Waals surface area (Å²) in [4.78, 5) is 15.8. The molecule has 2 atom stereocenters. The van der Waals surface area contributed by atoms with E-state index in [0.717, 1.165) is 12.8 Å². The molecular formula is C11H12BrClN2O2. The fourth-order valence-electron chi connectivity index (χ4n) is 1.72. The van der Waals surface area contributed by atoms with Gasteiger partial charge in [0.2, 0.25) is 0 Å². The number of amides is 1. The number of rotatable bonds is 2. The Hall–Kier alpha value is -0.650. The second kappa shape index (κ2) is 5.33. The van der Waals surface area contributed by atoms with Crippen molar-refractivity contribution in [2.75, 3.05) is 5.32 Å². The van der Waals surface area contributed by atoms with Crippen LogP contribution in [0.1, 0.15) is 19.8 Å². The number of aromatic nitrogens is 1. The average molecular weight is 320 g/mol. The fourth-order valence-corrected chi connectivity index (χ4v) is 2.19. The predicted octanol–water partition coefficient (Wildman–Crippen LogP) is 3.00. The van der Waals surface area contributed by atoms with E-state index < -0.39 is 0 Å². The third-order valence-electron chi connectivity index (χ3n) is 2.62. The van der Waals surface area contributed by atoms with Gasteiger partial charge >= 0.3 is 0 Å². The van der Waals surface area contributed by atoms with Crippen LogP contribution < -0.4 is 5.32 Å². The Morgan fingerprint density at radius 3 is 3.00 bits per heavy atom. The van der Waals surface area contributed by atoms with Gasteiger partial charge in [0.05, 0.1) is 27.5 Å². The van der Waals surface area contributed by atoms with Crippen LogP contribution in [0.15, 0.2) is 16.9 Å². The number of pyridine rings is 1. The Labute approximate surface area is 113 Å². The average Bonchev–Trinajstić information content (AvgIpc) is 2.72. The minimum atomic E-state index is -0.389. The maximum atomic E-state index is 11.9. The van der Waals surface area contributed by atoms with Crippen LogP contribution in [0.25, 0.3) is 0 Å². The van der Waals surface area contributed by atoms with Crippen LogP contribution in [0.2, 0.25) is 5.02 Å². The minimum absolute atomic E-state index is 0.141. The number of hydrogen-bond donors (Lipinski definition) is 1. The molecule has 17 heavy (non-hydrogen) atoms. The van der Waals surface area contributed by atoms with Crippen molar-refractivity contribution in [1.82, 2.24) is 4.98 Å². The van der Waals surface area contributed by atoms with E-state index in [4.69, 9.17) is 16.3 Å². The zero-order valence-electron chi connectivity index (χ0n) is 9.24. The van der Waals surface area contributed by atoms with Crippen LogP contribution >= 0.6 is 27.5 Å². The fraction of sp³-hybridized carbons (Fsp3) is 0.455. The number of carbonyl (C=O) groups is 1. The predicted molar refractivity (Wildman–Crippen MR) is 69.1 cm³/mol. The standard InChI is InChI=1S/C11H12BrClN2O2/c1-6-2-3-9(17-6)11(16)15-8-5-14-4-7(12)10(8)13/h4-6,9H,2-3H2,1H3,(H,15,16). The van der Waals surface area contributed by atoms with Crippen LogP contribution in [0, 0.1) is 0 Å². The molecule has 92 valence electrons. The number of anilines is 1. The number of nitrogens with zero attached hydrogens (tertiary/aromatic N) is 1. The van der Waals surface area contributed by atoms with Crippen LogP contribution in [0.4, 0.5) is 5.69 Å². The number of nitrogens with one attached hydrogen (secondary N) is 1. The molecule has 0 saturated carbocycles. The first-order chi connectivity index (χ1) is 8.08. The van der Waals surface area contributed by atoms with E-state index in [1.54, 1.807) is 6.20 Å². The van der Waals surface area contributed by atoms with E-state index in [9.17, 15) is 4.79 Å². The van der Waals surface area contributed by atoms with Crippen LogP contribution in [0.5, 0.6) is 0 Å². The van der Waals surface area contributed by atoms with Gasteiger partial charge in [0.25, 0.3) is 5.91 Å². The molecule has 2 heterocycles. The maximum Gasteiger partial charge on any atom is 0.253 e. The van der Waals surface area contributed by atoms with E-state index in [2.05, 4.69) is 26.2 Å². The highest BCUT2D eigenvalue weighted by molar-refractivity contribution is 9.10. The lowest BCUT2D eigenvalue weighted by Crippen LogP contribution is -2.27. The van der Waals surface area contributed by atoms with Crippen molar-refractivity contribution in [2.24, 2.45) is 0 Å². The van der Waals surface area contributed by atoms with Crippen molar-refractivity contribution in [3.8, 4) is 0 Å². The summed E-state index contributed by atoms with van der Waals surface area (Å²) in [6.07, 6.45) is 4.49. The maximum absolute atomic E-state index is 11.9. The normalized spacial score (nSPS) is 23.7. The van der Waals surface area contributed by atoms with Gasteiger partial charge in [-0.2, -0.15) is 0 Å². The Kier molecular flexibility index (Phi) is 4.01. The zero-order valence-corrected chi connectivity index (χ0v) is 11.6. The molecule has 1 aromatic heterocycles. The van der Waals surface area contributed by atoms with Gasteiger partial charge in [-0.1, -0.05) is 11.6 Å². The lowest BCUT2D eigenvalue weighted by atomic mass is 10.2. The topological polar surface area (TPSA) is 51.2 Å².